The minimum atomic E-state index is -0.805. The van der Waals surface area contributed by atoms with Gasteiger partial charge in [0.1, 0.15) is 13.2 Å². The second kappa shape index (κ2) is 61.4. The molecule has 0 rings (SSSR count). The van der Waals surface area contributed by atoms with E-state index in [0.29, 0.717) is 19.3 Å². The summed E-state index contributed by atoms with van der Waals surface area (Å²) in [6.07, 6.45) is 79.3. The van der Waals surface area contributed by atoms with E-state index in [1.165, 1.54) is 199 Å². The Morgan fingerprint density at radius 1 is 0.288 bits per heavy atom. The van der Waals surface area contributed by atoms with Crippen molar-refractivity contribution in [1.82, 2.24) is 0 Å². The summed E-state index contributed by atoms with van der Waals surface area (Å²) in [5, 5.41) is 0. The maximum absolute atomic E-state index is 12.9. The number of rotatable bonds is 57. The summed E-state index contributed by atoms with van der Waals surface area (Å²) < 4.78 is 16.8. The van der Waals surface area contributed by atoms with Crippen molar-refractivity contribution < 1.29 is 28.6 Å². The lowest BCUT2D eigenvalue weighted by Crippen LogP contribution is -2.30. The molecule has 0 aromatic heterocycles. The Morgan fingerprint density at radius 3 is 0.918 bits per heavy atom. The van der Waals surface area contributed by atoms with Gasteiger partial charge in [-0.3, -0.25) is 14.4 Å². The maximum atomic E-state index is 12.9. The van der Waals surface area contributed by atoms with Crippen molar-refractivity contribution in [2.45, 2.75) is 322 Å². The molecule has 0 fully saturated rings. The second-order valence-electron chi connectivity index (χ2n) is 20.9. The molecule has 6 heteroatoms. The quantitative estimate of drug-likeness (QED) is 0.0261. The summed E-state index contributed by atoms with van der Waals surface area (Å²) in [4.78, 5) is 38.2. The van der Waals surface area contributed by atoms with E-state index in [1.54, 1.807) is 0 Å². The van der Waals surface area contributed by atoms with Gasteiger partial charge in [-0.05, 0) is 77.0 Å². The number of unbranched alkanes of at least 4 members (excludes halogenated alkanes) is 34. The average Bonchev–Trinajstić information content (AvgIpc) is 3.39. The summed E-state index contributed by atoms with van der Waals surface area (Å²) in [5.41, 5.74) is 0. The van der Waals surface area contributed by atoms with Crippen molar-refractivity contribution in [2.24, 2.45) is 0 Å². The molecule has 0 amide bonds. The van der Waals surface area contributed by atoms with Crippen LogP contribution in [0.25, 0.3) is 0 Å². The molecule has 0 aliphatic heterocycles. The first-order chi connectivity index (χ1) is 36.0. The number of carbonyl (C=O) groups is 3. The van der Waals surface area contributed by atoms with E-state index >= 15 is 0 Å². The number of esters is 3. The molecule has 422 valence electrons. The van der Waals surface area contributed by atoms with E-state index in [1.807, 2.05) is 6.08 Å². The zero-order chi connectivity index (χ0) is 52.9. The minimum absolute atomic E-state index is 0.0971. The van der Waals surface area contributed by atoms with Gasteiger partial charge in [-0.2, -0.15) is 0 Å². The molecule has 0 aromatic carbocycles. The fourth-order valence-corrected chi connectivity index (χ4v) is 9.02. The highest BCUT2D eigenvalue weighted by molar-refractivity contribution is 5.71. The smallest absolute Gasteiger partial charge is 0.306 e. The SMILES string of the molecule is CC/C=C\C/C=C\C/C=C\C/C=C\CCC(=O)OCC(COC(=O)CCCCCCCCCCC/C=C\C/C=C\CCCCCCC)OC(=O)CCCCCCCCCCCCCCCCCCCCCCC. The van der Waals surface area contributed by atoms with Gasteiger partial charge in [0.2, 0.25) is 0 Å². The highest BCUT2D eigenvalue weighted by atomic mass is 16.6. The van der Waals surface area contributed by atoms with Crippen LogP contribution in [0.15, 0.2) is 72.9 Å². The molecule has 0 saturated carbocycles. The van der Waals surface area contributed by atoms with Crippen LogP contribution in [0.4, 0.5) is 0 Å². The van der Waals surface area contributed by atoms with Crippen LogP contribution in [0, 0.1) is 0 Å². The molecule has 1 atom stereocenters. The van der Waals surface area contributed by atoms with Gasteiger partial charge >= 0.3 is 17.9 Å². The molecule has 1 unspecified atom stereocenters. The fourth-order valence-electron chi connectivity index (χ4n) is 9.02. The van der Waals surface area contributed by atoms with Gasteiger partial charge in [-0.15, -0.1) is 0 Å². The molecular weight excluding hydrogens is 901 g/mol. The van der Waals surface area contributed by atoms with E-state index in [4.69, 9.17) is 14.2 Å². The summed E-state index contributed by atoms with van der Waals surface area (Å²) in [5.74, 6) is -0.971. The van der Waals surface area contributed by atoms with Crippen molar-refractivity contribution in [3.63, 3.8) is 0 Å². The summed E-state index contributed by atoms with van der Waals surface area (Å²) in [6.45, 7) is 6.49. The standard InChI is InChI=1S/C67H118O6/c1-4-7-10-13-16-19-22-25-27-29-31-33-35-37-39-42-45-48-51-54-57-60-66(69)72-63-64(62-71-65(68)59-56-53-50-47-44-41-24-21-18-15-12-9-6-3)73-67(70)61-58-55-52-49-46-43-40-38-36-34-32-30-28-26-23-20-17-14-11-8-5-2/h9,12,18,21-22,25,29,31,41,44,50,53,64H,4-8,10-11,13-17,19-20,23-24,26-28,30,32-40,42-43,45-49,51-52,54-63H2,1-3H3/b12-9-,21-18-,25-22-,31-29-,44-41-,53-50-. The van der Waals surface area contributed by atoms with Crippen LogP contribution in [0.1, 0.15) is 316 Å². The van der Waals surface area contributed by atoms with Gasteiger partial charge in [0.15, 0.2) is 6.10 Å². The van der Waals surface area contributed by atoms with Crippen LogP contribution in [0.2, 0.25) is 0 Å². The molecule has 0 N–H and O–H groups in total. The van der Waals surface area contributed by atoms with Crippen molar-refractivity contribution in [3.8, 4) is 0 Å². The highest BCUT2D eigenvalue weighted by Gasteiger charge is 2.19. The lowest BCUT2D eigenvalue weighted by Gasteiger charge is -2.18. The molecule has 73 heavy (non-hydrogen) atoms. The largest absolute Gasteiger partial charge is 0.462 e. The number of allylic oxidation sites excluding steroid dienone is 12. The van der Waals surface area contributed by atoms with E-state index in [9.17, 15) is 14.4 Å². The number of ether oxygens (including phenoxy) is 3. The summed E-state index contributed by atoms with van der Waals surface area (Å²) in [6, 6.07) is 0. The van der Waals surface area contributed by atoms with Crippen LogP contribution in [-0.2, 0) is 28.6 Å². The summed E-state index contributed by atoms with van der Waals surface area (Å²) >= 11 is 0. The first-order valence-electron chi connectivity index (χ1n) is 31.4. The maximum Gasteiger partial charge on any atom is 0.306 e. The predicted molar refractivity (Wildman–Crippen MR) is 316 cm³/mol. The van der Waals surface area contributed by atoms with Gasteiger partial charge in [0.25, 0.3) is 0 Å². The number of carbonyl (C=O) groups excluding carboxylic acids is 3. The molecule has 0 aliphatic carbocycles. The molecule has 0 radical (unpaired) electrons. The minimum Gasteiger partial charge on any atom is -0.462 e. The first kappa shape index (κ1) is 69.8. The van der Waals surface area contributed by atoms with Crippen molar-refractivity contribution in [2.75, 3.05) is 13.2 Å². The van der Waals surface area contributed by atoms with Gasteiger partial charge in [-0.1, -0.05) is 293 Å². The lowest BCUT2D eigenvalue weighted by molar-refractivity contribution is -0.166. The molecule has 6 nitrogen and oxygen atoms in total. The normalized spacial score (nSPS) is 12.5. The van der Waals surface area contributed by atoms with Gasteiger partial charge in [0, 0.05) is 19.3 Å². The van der Waals surface area contributed by atoms with Crippen LogP contribution < -0.4 is 0 Å². The van der Waals surface area contributed by atoms with Crippen LogP contribution in [0.3, 0.4) is 0 Å². The van der Waals surface area contributed by atoms with E-state index in [0.717, 1.165) is 70.6 Å². The predicted octanol–water partition coefficient (Wildman–Crippen LogP) is 21.3. The van der Waals surface area contributed by atoms with E-state index in [2.05, 4.69) is 87.6 Å². The monoisotopic (exact) mass is 1020 g/mol. The zero-order valence-corrected chi connectivity index (χ0v) is 48.4. The van der Waals surface area contributed by atoms with Crippen molar-refractivity contribution in [1.29, 1.82) is 0 Å². The van der Waals surface area contributed by atoms with Gasteiger partial charge < -0.3 is 14.2 Å². The molecule has 0 aliphatic rings. The lowest BCUT2D eigenvalue weighted by atomic mass is 10.0. The Hall–Kier alpha value is -3.15. The van der Waals surface area contributed by atoms with Gasteiger partial charge in [0.05, 0.1) is 0 Å². The Labute approximate surface area is 453 Å². The van der Waals surface area contributed by atoms with Crippen molar-refractivity contribution in [3.05, 3.63) is 72.9 Å². The molecule has 0 heterocycles. The third-order valence-corrected chi connectivity index (χ3v) is 13.7. The zero-order valence-electron chi connectivity index (χ0n) is 48.4. The Bertz CT molecular complexity index is 1360. The van der Waals surface area contributed by atoms with E-state index < -0.39 is 6.10 Å². The highest BCUT2D eigenvalue weighted by Crippen LogP contribution is 2.17. The Balaban J connectivity index is 4.35. The molecule has 0 bridgehead atoms. The summed E-state index contributed by atoms with van der Waals surface area (Å²) in [7, 11) is 0. The average molecular weight is 1020 g/mol. The first-order valence-corrected chi connectivity index (χ1v) is 31.4. The fraction of sp³-hybridized carbons (Fsp3) is 0.776. The number of hydrogen-bond acceptors (Lipinski definition) is 6. The number of hydrogen-bond donors (Lipinski definition) is 0. The molecule has 0 spiro atoms. The topological polar surface area (TPSA) is 78.9 Å². The molecule has 0 aromatic rings. The van der Waals surface area contributed by atoms with Crippen LogP contribution in [0.5, 0.6) is 0 Å². The third-order valence-electron chi connectivity index (χ3n) is 13.7. The molecule has 0 saturated heterocycles. The van der Waals surface area contributed by atoms with Gasteiger partial charge in [-0.25, -0.2) is 0 Å². The van der Waals surface area contributed by atoms with E-state index in [-0.39, 0.29) is 37.5 Å². The Morgan fingerprint density at radius 2 is 0.562 bits per heavy atom. The molecular formula is C67H118O6. The van der Waals surface area contributed by atoms with Crippen molar-refractivity contribution >= 4 is 17.9 Å². The second-order valence-corrected chi connectivity index (χ2v) is 20.9. The van der Waals surface area contributed by atoms with Crippen LogP contribution in [-0.4, -0.2) is 37.2 Å². The van der Waals surface area contributed by atoms with Crippen LogP contribution >= 0.6 is 0 Å². The third kappa shape index (κ3) is 59.6. The Kier molecular flexibility index (Phi) is 58.7.